The molecule has 0 spiro atoms. The number of ether oxygens (including phenoxy) is 2. The van der Waals surface area contributed by atoms with E-state index in [1.54, 1.807) is 14.0 Å². The summed E-state index contributed by atoms with van der Waals surface area (Å²) >= 11 is 3.46. The second-order valence-electron chi connectivity index (χ2n) is 4.65. The van der Waals surface area contributed by atoms with Crippen LogP contribution >= 0.6 is 15.9 Å². The van der Waals surface area contributed by atoms with Crippen LogP contribution in [-0.4, -0.2) is 24.3 Å². The van der Waals surface area contributed by atoms with Crippen LogP contribution in [0.15, 0.2) is 34.9 Å². The van der Waals surface area contributed by atoms with Crippen molar-refractivity contribution in [3.8, 4) is 5.75 Å². The molecule has 112 valence electrons. The molecule has 4 nitrogen and oxygen atoms in total. The van der Waals surface area contributed by atoms with E-state index in [4.69, 9.17) is 9.47 Å². The second-order valence-corrected chi connectivity index (χ2v) is 5.57. The van der Waals surface area contributed by atoms with Crippen LogP contribution in [0.2, 0.25) is 0 Å². The lowest BCUT2D eigenvalue weighted by Gasteiger charge is -2.13. The molecule has 2 aromatic rings. The molecule has 0 aliphatic carbocycles. The lowest BCUT2D eigenvalue weighted by atomic mass is 10.2. The Morgan fingerprint density at radius 2 is 2.10 bits per heavy atom. The third-order valence-corrected chi connectivity index (χ3v) is 3.71. The highest BCUT2D eigenvalue weighted by Gasteiger charge is 2.17. The third-order valence-electron chi connectivity index (χ3n) is 3.22. The summed E-state index contributed by atoms with van der Waals surface area (Å²) in [6.07, 6.45) is 1.89. The van der Waals surface area contributed by atoms with Gasteiger partial charge in [0.15, 0.2) is 0 Å². The van der Waals surface area contributed by atoms with Crippen molar-refractivity contribution in [3.05, 3.63) is 51.8 Å². The largest absolute Gasteiger partial charge is 0.496 e. The van der Waals surface area contributed by atoms with Crippen molar-refractivity contribution in [2.24, 2.45) is 0 Å². The first kappa shape index (κ1) is 15.6. The first-order chi connectivity index (χ1) is 10.1. The minimum atomic E-state index is -0.297. The smallest absolute Gasteiger partial charge is 0.355 e. The highest BCUT2D eigenvalue weighted by molar-refractivity contribution is 9.10. The fourth-order valence-corrected chi connectivity index (χ4v) is 2.65. The molecule has 0 fully saturated rings. The molecule has 0 aliphatic heterocycles. The highest BCUT2D eigenvalue weighted by Crippen LogP contribution is 2.25. The number of rotatable bonds is 5. The Kier molecular flexibility index (Phi) is 5.07. The average Bonchev–Trinajstić information content (AvgIpc) is 2.80. The monoisotopic (exact) mass is 351 g/mol. The number of halogens is 1. The topological polar surface area (TPSA) is 40.5 Å². The molecule has 0 saturated carbocycles. The van der Waals surface area contributed by atoms with E-state index in [-0.39, 0.29) is 5.97 Å². The van der Waals surface area contributed by atoms with Gasteiger partial charge in [0.25, 0.3) is 0 Å². The molecule has 1 aromatic heterocycles. The Labute approximate surface area is 132 Å². The Balaban J connectivity index is 2.36. The van der Waals surface area contributed by atoms with Gasteiger partial charge in [0.05, 0.1) is 20.3 Å². The maximum atomic E-state index is 12.1. The van der Waals surface area contributed by atoms with Crippen LogP contribution in [-0.2, 0) is 11.3 Å². The lowest BCUT2D eigenvalue weighted by molar-refractivity contribution is 0.0513. The van der Waals surface area contributed by atoms with Crippen LogP contribution in [0.4, 0.5) is 0 Å². The standard InChI is InChI=1S/C16H18BrNO3/c1-4-21-16(19)15-11(2)7-8-18(15)10-12-9-13(17)5-6-14(12)20-3/h5-9H,4,10H2,1-3H3. The maximum absolute atomic E-state index is 12.1. The van der Waals surface area contributed by atoms with Gasteiger partial charge in [0.2, 0.25) is 0 Å². The Morgan fingerprint density at radius 3 is 2.76 bits per heavy atom. The van der Waals surface area contributed by atoms with Gasteiger partial charge in [0.1, 0.15) is 11.4 Å². The number of aromatic nitrogens is 1. The Morgan fingerprint density at radius 1 is 1.33 bits per heavy atom. The number of hydrogen-bond donors (Lipinski definition) is 0. The molecule has 21 heavy (non-hydrogen) atoms. The van der Waals surface area contributed by atoms with E-state index in [1.165, 1.54) is 0 Å². The number of aryl methyl sites for hydroxylation is 1. The number of benzene rings is 1. The van der Waals surface area contributed by atoms with Gasteiger partial charge in [-0.25, -0.2) is 4.79 Å². The minimum absolute atomic E-state index is 0.297. The van der Waals surface area contributed by atoms with Gasteiger partial charge in [-0.2, -0.15) is 0 Å². The number of esters is 1. The summed E-state index contributed by atoms with van der Waals surface area (Å²) in [7, 11) is 1.64. The van der Waals surface area contributed by atoms with E-state index in [0.717, 1.165) is 21.3 Å². The van der Waals surface area contributed by atoms with Crippen LogP contribution in [0, 0.1) is 6.92 Å². The summed E-state index contributed by atoms with van der Waals surface area (Å²) in [6.45, 7) is 4.62. The number of nitrogens with zero attached hydrogens (tertiary/aromatic N) is 1. The quantitative estimate of drug-likeness (QED) is 0.769. The molecule has 5 heteroatoms. The van der Waals surface area contributed by atoms with Gasteiger partial charge in [-0.15, -0.1) is 0 Å². The summed E-state index contributed by atoms with van der Waals surface area (Å²) in [5.74, 6) is 0.494. The van der Waals surface area contributed by atoms with Crippen molar-refractivity contribution in [3.63, 3.8) is 0 Å². The van der Waals surface area contributed by atoms with Crippen molar-refractivity contribution in [2.45, 2.75) is 20.4 Å². The summed E-state index contributed by atoms with van der Waals surface area (Å²) in [4.78, 5) is 12.1. The Hall–Kier alpha value is -1.75. The summed E-state index contributed by atoms with van der Waals surface area (Å²) < 4.78 is 13.4. The molecule has 0 bridgehead atoms. The molecule has 2 rings (SSSR count). The molecular weight excluding hydrogens is 334 g/mol. The normalized spacial score (nSPS) is 10.5. The van der Waals surface area contributed by atoms with Gasteiger partial charge >= 0.3 is 5.97 Å². The average molecular weight is 352 g/mol. The van der Waals surface area contributed by atoms with Crippen molar-refractivity contribution >= 4 is 21.9 Å². The zero-order valence-corrected chi connectivity index (χ0v) is 13.9. The maximum Gasteiger partial charge on any atom is 0.355 e. The van der Waals surface area contributed by atoms with Crippen LogP contribution in [0.5, 0.6) is 5.75 Å². The first-order valence-electron chi connectivity index (χ1n) is 6.72. The lowest BCUT2D eigenvalue weighted by Crippen LogP contribution is -2.14. The van der Waals surface area contributed by atoms with Crippen LogP contribution in [0.3, 0.4) is 0 Å². The fourth-order valence-electron chi connectivity index (χ4n) is 2.25. The highest BCUT2D eigenvalue weighted by atomic mass is 79.9. The van der Waals surface area contributed by atoms with Gasteiger partial charge in [-0.1, -0.05) is 15.9 Å². The Bertz CT molecular complexity index is 649. The molecular formula is C16H18BrNO3. The predicted octanol–water partition coefficient (Wildman–Crippen LogP) is 3.79. The van der Waals surface area contributed by atoms with E-state index in [0.29, 0.717) is 18.8 Å². The molecule has 1 aromatic carbocycles. The predicted molar refractivity (Wildman–Crippen MR) is 84.9 cm³/mol. The molecule has 0 unspecified atom stereocenters. The van der Waals surface area contributed by atoms with E-state index in [9.17, 15) is 4.79 Å². The minimum Gasteiger partial charge on any atom is -0.496 e. The van der Waals surface area contributed by atoms with Crippen LogP contribution in [0.1, 0.15) is 28.5 Å². The van der Waals surface area contributed by atoms with E-state index in [2.05, 4.69) is 15.9 Å². The number of carbonyl (C=O) groups excluding carboxylic acids is 1. The number of hydrogen-bond acceptors (Lipinski definition) is 3. The molecule has 1 heterocycles. The first-order valence-corrected chi connectivity index (χ1v) is 7.51. The second kappa shape index (κ2) is 6.80. The van der Waals surface area contributed by atoms with Crippen LogP contribution < -0.4 is 4.74 Å². The third kappa shape index (κ3) is 3.47. The van der Waals surface area contributed by atoms with Crippen molar-refractivity contribution in [1.82, 2.24) is 4.57 Å². The van der Waals surface area contributed by atoms with Crippen molar-refractivity contribution < 1.29 is 14.3 Å². The molecule has 0 N–H and O–H groups in total. The fraction of sp³-hybridized carbons (Fsp3) is 0.312. The molecule has 0 amide bonds. The van der Waals surface area contributed by atoms with Gasteiger partial charge < -0.3 is 14.0 Å². The van der Waals surface area contributed by atoms with Crippen molar-refractivity contribution in [1.29, 1.82) is 0 Å². The summed E-state index contributed by atoms with van der Waals surface area (Å²) in [5, 5.41) is 0. The zero-order chi connectivity index (χ0) is 15.4. The van der Waals surface area contributed by atoms with E-state index < -0.39 is 0 Å². The summed E-state index contributed by atoms with van der Waals surface area (Å²) in [5.41, 5.74) is 2.48. The number of carbonyl (C=O) groups is 1. The molecule has 0 atom stereocenters. The van der Waals surface area contributed by atoms with Crippen molar-refractivity contribution in [2.75, 3.05) is 13.7 Å². The summed E-state index contributed by atoms with van der Waals surface area (Å²) in [6, 6.07) is 7.73. The molecule has 0 aliphatic rings. The molecule has 0 saturated heterocycles. The van der Waals surface area contributed by atoms with E-state index >= 15 is 0 Å². The molecule has 0 radical (unpaired) electrons. The van der Waals surface area contributed by atoms with Crippen LogP contribution in [0.25, 0.3) is 0 Å². The number of methoxy groups -OCH3 is 1. The van der Waals surface area contributed by atoms with Gasteiger partial charge in [-0.3, -0.25) is 0 Å². The zero-order valence-electron chi connectivity index (χ0n) is 12.4. The SMILES string of the molecule is CCOC(=O)c1c(C)ccn1Cc1cc(Br)ccc1OC. The van der Waals surface area contributed by atoms with Gasteiger partial charge in [0, 0.05) is 16.2 Å². The van der Waals surface area contributed by atoms with E-state index in [1.807, 2.05) is 42.0 Å². The van der Waals surface area contributed by atoms with Gasteiger partial charge in [-0.05, 0) is 43.7 Å².